The van der Waals surface area contributed by atoms with E-state index < -0.39 is 21.2 Å². The van der Waals surface area contributed by atoms with Gasteiger partial charge in [0.2, 0.25) is 0 Å². The number of hydrogen-bond acceptors (Lipinski definition) is 4. The standard InChI is InChI=1S/C10H9NO4S2/c1-6(10(12)13)16-9-7-4-2-3-5-8(7)17(14,15)11-9/h2-6H,1H3,(H,12,13)/t6-/m1/s1. The topological polar surface area (TPSA) is 83.8 Å². The molecular weight excluding hydrogens is 262 g/mol. The molecule has 1 heterocycles. The molecule has 0 saturated heterocycles. The summed E-state index contributed by atoms with van der Waals surface area (Å²) in [5.74, 6) is -1.00. The highest BCUT2D eigenvalue weighted by molar-refractivity contribution is 8.16. The Balaban J connectivity index is 2.42. The van der Waals surface area contributed by atoms with Crippen molar-refractivity contribution in [3.05, 3.63) is 29.8 Å². The van der Waals surface area contributed by atoms with Crippen molar-refractivity contribution in [3.63, 3.8) is 0 Å². The molecule has 0 aromatic heterocycles. The molecule has 1 aliphatic heterocycles. The quantitative estimate of drug-likeness (QED) is 0.877. The van der Waals surface area contributed by atoms with E-state index in [0.717, 1.165) is 11.8 Å². The second kappa shape index (κ2) is 4.15. The number of thioether (sulfide) groups is 1. The molecule has 7 heteroatoms. The summed E-state index contributed by atoms with van der Waals surface area (Å²) in [5.41, 5.74) is 0.477. The molecular formula is C10H9NO4S2. The van der Waals surface area contributed by atoms with E-state index in [1.165, 1.54) is 13.0 Å². The average Bonchev–Trinajstić information content (AvgIpc) is 2.51. The van der Waals surface area contributed by atoms with Gasteiger partial charge in [-0.15, -0.1) is 0 Å². The molecule has 1 aromatic carbocycles. The van der Waals surface area contributed by atoms with E-state index in [1.807, 2.05) is 0 Å². The van der Waals surface area contributed by atoms with Gasteiger partial charge in [-0.1, -0.05) is 30.0 Å². The van der Waals surface area contributed by atoms with Crippen molar-refractivity contribution in [1.82, 2.24) is 0 Å². The number of fused-ring (bicyclic) bond motifs is 1. The van der Waals surface area contributed by atoms with Crippen LogP contribution in [-0.4, -0.2) is 29.8 Å². The van der Waals surface area contributed by atoms with Crippen molar-refractivity contribution in [2.75, 3.05) is 0 Å². The lowest BCUT2D eigenvalue weighted by atomic mass is 10.2. The zero-order valence-electron chi connectivity index (χ0n) is 8.82. The van der Waals surface area contributed by atoms with Crippen LogP contribution in [0.25, 0.3) is 0 Å². The van der Waals surface area contributed by atoms with E-state index in [4.69, 9.17) is 5.11 Å². The first kappa shape index (κ1) is 12.1. The SMILES string of the molecule is C[C@@H](SC1=NS(=O)(=O)c2ccccc21)C(=O)O. The average molecular weight is 271 g/mol. The summed E-state index contributed by atoms with van der Waals surface area (Å²) in [4.78, 5) is 10.9. The lowest BCUT2D eigenvalue weighted by Crippen LogP contribution is -2.14. The number of carboxylic acids is 1. The van der Waals surface area contributed by atoms with E-state index in [1.54, 1.807) is 18.2 Å². The maximum absolute atomic E-state index is 11.7. The molecule has 0 spiro atoms. The Morgan fingerprint density at radius 3 is 2.71 bits per heavy atom. The Morgan fingerprint density at radius 1 is 1.41 bits per heavy atom. The Bertz CT molecular complexity index is 606. The highest BCUT2D eigenvalue weighted by Gasteiger charge is 2.30. The number of nitrogens with zero attached hydrogens (tertiary/aromatic N) is 1. The normalized spacial score (nSPS) is 18.3. The molecule has 0 unspecified atom stereocenters. The van der Waals surface area contributed by atoms with Gasteiger partial charge in [-0.2, -0.15) is 12.8 Å². The van der Waals surface area contributed by atoms with Crippen LogP contribution in [0, 0.1) is 0 Å². The zero-order valence-corrected chi connectivity index (χ0v) is 10.5. The maximum atomic E-state index is 11.7. The number of hydrogen-bond donors (Lipinski definition) is 1. The summed E-state index contributed by atoms with van der Waals surface area (Å²) in [6.07, 6.45) is 0. The van der Waals surface area contributed by atoms with Crippen LogP contribution in [0.1, 0.15) is 12.5 Å². The molecule has 0 amide bonds. The van der Waals surface area contributed by atoms with Gasteiger partial charge in [-0.05, 0) is 13.0 Å². The molecule has 90 valence electrons. The molecule has 0 radical (unpaired) electrons. The van der Waals surface area contributed by atoms with Crippen molar-refractivity contribution < 1.29 is 18.3 Å². The molecule has 17 heavy (non-hydrogen) atoms. The fourth-order valence-electron chi connectivity index (χ4n) is 1.38. The number of aliphatic carboxylic acids is 1. The van der Waals surface area contributed by atoms with Gasteiger partial charge in [0.15, 0.2) is 0 Å². The summed E-state index contributed by atoms with van der Waals surface area (Å²) < 4.78 is 26.9. The van der Waals surface area contributed by atoms with Crippen LogP contribution >= 0.6 is 11.8 Å². The van der Waals surface area contributed by atoms with Crippen molar-refractivity contribution in [2.45, 2.75) is 17.1 Å². The Morgan fingerprint density at radius 2 is 2.06 bits per heavy atom. The Hall–Kier alpha value is -1.34. The van der Waals surface area contributed by atoms with E-state index in [2.05, 4.69) is 4.40 Å². The molecule has 0 bridgehead atoms. The number of benzene rings is 1. The van der Waals surface area contributed by atoms with E-state index in [0.29, 0.717) is 5.56 Å². The molecule has 0 fully saturated rings. The summed E-state index contributed by atoms with van der Waals surface area (Å²) in [6, 6.07) is 6.40. The van der Waals surface area contributed by atoms with Crippen LogP contribution < -0.4 is 0 Å². The summed E-state index contributed by atoms with van der Waals surface area (Å²) in [7, 11) is -3.65. The van der Waals surface area contributed by atoms with E-state index in [9.17, 15) is 13.2 Å². The lowest BCUT2D eigenvalue weighted by Gasteiger charge is -2.05. The van der Waals surface area contributed by atoms with Gasteiger partial charge in [-0.25, -0.2) is 0 Å². The van der Waals surface area contributed by atoms with Crippen LogP contribution in [0.2, 0.25) is 0 Å². The molecule has 1 aliphatic rings. The van der Waals surface area contributed by atoms with Gasteiger partial charge in [-0.3, -0.25) is 4.79 Å². The van der Waals surface area contributed by atoms with Crippen LogP contribution in [0.15, 0.2) is 33.6 Å². The predicted molar refractivity (Wildman–Crippen MR) is 64.9 cm³/mol. The molecule has 1 atom stereocenters. The van der Waals surface area contributed by atoms with Crippen LogP contribution in [-0.2, 0) is 14.8 Å². The number of carbonyl (C=O) groups is 1. The summed E-state index contributed by atoms with van der Waals surface area (Å²) in [5, 5.41) is 8.30. The summed E-state index contributed by atoms with van der Waals surface area (Å²) >= 11 is 0.932. The number of rotatable bonds is 2. The van der Waals surface area contributed by atoms with Gasteiger partial charge in [0.1, 0.15) is 10.3 Å². The minimum atomic E-state index is -3.65. The smallest absolute Gasteiger partial charge is 0.316 e. The highest BCUT2D eigenvalue weighted by atomic mass is 32.2. The second-order valence-electron chi connectivity index (χ2n) is 3.47. The van der Waals surface area contributed by atoms with Crippen molar-refractivity contribution in [3.8, 4) is 0 Å². The largest absolute Gasteiger partial charge is 0.480 e. The van der Waals surface area contributed by atoms with E-state index >= 15 is 0 Å². The fourth-order valence-corrected chi connectivity index (χ4v) is 3.76. The number of carboxylic acid groups (broad SMARTS) is 1. The third-order valence-electron chi connectivity index (χ3n) is 2.23. The highest BCUT2D eigenvalue weighted by Crippen LogP contribution is 2.32. The maximum Gasteiger partial charge on any atom is 0.316 e. The van der Waals surface area contributed by atoms with Gasteiger partial charge in [0, 0.05) is 5.56 Å². The summed E-state index contributed by atoms with van der Waals surface area (Å²) in [6.45, 7) is 1.49. The van der Waals surface area contributed by atoms with Crippen LogP contribution in [0.4, 0.5) is 0 Å². The monoisotopic (exact) mass is 271 g/mol. The first-order valence-electron chi connectivity index (χ1n) is 4.75. The third-order valence-corrected chi connectivity index (χ3v) is 4.77. The molecule has 2 rings (SSSR count). The minimum Gasteiger partial charge on any atom is -0.480 e. The Labute approximate surface area is 103 Å². The number of sulfonamides is 1. The Kier molecular flexibility index (Phi) is 2.96. The molecule has 0 saturated carbocycles. The fraction of sp³-hybridized carbons (Fsp3) is 0.200. The van der Waals surface area contributed by atoms with Crippen molar-refractivity contribution >= 4 is 32.8 Å². The lowest BCUT2D eigenvalue weighted by molar-refractivity contribution is -0.136. The zero-order chi connectivity index (χ0) is 12.6. The molecule has 1 N–H and O–H groups in total. The van der Waals surface area contributed by atoms with Gasteiger partial charge in [0.25, 0.3) is 10.0 Å². The first-order valence-corrected chi connectivity index (χ1v) is 7.07. The minimum absolute atomic E-state index is 0.139. The third kappa shape index (κ3) is 2.20. The first-order chi connectivity index (χ1) is 7.92. The second-order valence-corrected chi connectivity index (χ2v) is 6.37. The van der Waals surface area contributed by atoms with Crippen LogP contribution in [0.3, 0.4) is 0 Å². The van der Waals surface area contributed by atoms with E-state index in [-0.39, 0.29) is 9.94 Å². The van der Waals surface area contributed by atoms with Crippen LogP contribution in [0.5, 0.6) is 0 Å². The van der Waals surface area contributed by atoms with Crippen molar-refractivity contribution in [2.24, 2.45) is 4.40 Å². The van der Waals surface area contributed by atoms with Gasteiger partial charge < -0.3 is 5.11 Å². The van der Waals surface area contributed by atoms with Crippen molar-refractivity contribution in [1.29, 1.82) is 0 Å². The molecule has 1 aromatic rings. The molecule has 0 aliphatic carbocycles. The van der Waals surface area contributed by atoms with Gasteiger partial charge >= 0.3 is 5.97 Å². The molecule has 5 nitrogen and oxygen atoms in total. The predicted octanol–water partition coefficient (Wildman–Crippen LogP) is 1.34. The van der Waals surface area contributed by atoms with Gasteiger partial charge in [0.05, 0.1) is 4.90 Å².